The van der Waals surface area contributed by atoms with Crippen molar-refractivity contribution in [2.45, 2.75) is 38.2 Å². The molecule has 0 spiro atoms. The molecule has 1 aromatic carbocycles. The molecule has 0 bridgehead atoms. The van der Waals surface area contributed by atoms with Crippen LogP contribution in [0.15, 0.2) is 22.7 Å². The molecule has 17 heavy (non-hydrogen) atoms. The van der Waals surface area contributed by atoms with Crippen molar-refractivity contribution in [3.05, 3.63) is 28.2 Å². The molecular weight excluding hydrogens is 302 g/mol. The lowest BCUT2D eigenvalue weighted by Gasteiger charge is -2.16. The normalized spacial score (nSPS) is 14.4. The first-order chi connectivity index (χ1) is 8.02. The fourth-order valence-electron chi connectivity index (χ4n) is 1.67. The van der Waals surface area contributed by atoms with Crippen LogP contribution >= 0.6 is 27.5 Å². The summed E-state index contributed by atoms with van der Waals surface area (Å²) in [6.45, 7) is 4.97. The van der Waals surface area contributed by atoms with Crippen LogP contribution in [0.1, 0.15) is 25.8 Å². The molecule has 2 nitrogen and oxygen atoms in total. The smallest absolute Gasteiger partial charge is 0.119 e. The van der Waals surface area contributed by atoms with Gasteiger partial charge in [0.2, 0.25) is 0 Å². The van der Waals surface area contributed by atoms with Crippen LogP contribution in [-0.4, -0.2) is 18.5 Å². The zero-order chi connectivity index (χ0) is 12.8. The van der Waals surface area contributed by atoms with Gasteiger partial charge >= 0.3 is 0 Å². The van der Waals surface area contributed by atoms with Crippen molar-refractivity contribution in [2.24, 2.45) is 0 Å². The van der Waals surface area contributed by atoms with Crippen LogP contribution in [-0.2, 0) is 6.54 Å². The van der Waals surface area contributed by atoms with Gasteiger partial charge in [0.25, 0.3) is 0 Å². The van der Waals surface area contributed by atoms with Gasteiger partial charge in [0.1, 0.15) is 5.75 Å². The fourth-order valence-corrected chi connectivity index (χ4v) is 2.32. The Bertz CT molecular complexity index is 357. The number of halogens is 2. The number of methoxy groups -OCH3 is 1. The number of alkyl halides is 1. The van der Waals surface area contributed by atoms with Crippen LogP contribution in [0.3, 0.4) is 0 Å². The molecule has 4 heteroatoms. The third-order valence-electron chi connectivity index (χ3n) is 2.57. The average molecular weight is 321 g/mol. The van der Waals surface area contributed by atoms with Crippen LogP contribution in [0.4, 0.5) is 0 Å². The van der Waals surface area contributed by atoms with Gasteiger partial charge in [-0.1, -0.05) is 15.9 Å². The van der Waals surface area contributed by atoms with Crippen LogP contribution < -0.4 is 10.1 Å². The Labute approximate surface area is 117 Å². The molecule has 0 saturated heterocycles. The first-order valence-electron chi connectivity index (χ1n) is 5.72. The first-order valence-corrected chi connectivity index (χ1v) is 6.95. The van der Waals surface area contributed by atoms with E-state index in [2.05, 4.69) is 28.2 Å². The summed E-state index contributed by atoms with van der Waals surface area (Å²) in [5.74, 6) is 0.878. The summed E-state index contributed by atoms with van der Waals surface area (Å²) in [4.78, 5) is 0. The standard InChI is InChI=1S/C13H19BrClNO/c1-9(15)6-10(2)16-8-11-7-12(17-3)4-5-13(11)14/h4-5,7,9-10,16H,6,8H2,1-3H3. The Hall–Kier alpha value is -0.250. The summed E-state index contributed by atoms with van der Waals surface area (Å²) >= 11 is 9.50. The Morgan fingerprint density at radius 3 is 2.71 bits per heavy atom. The maximum Gasteiger partial charge on any atom is 0.119 e. The molecule has 0 aliphatic heterocycles. The van der Waals surface area contributed by atoms with E-state index in [1.54, 1.807) is 7.11 Å². The van der Waals surface area contributed by atoms with Crippen molar-refractivity contribution in [1.29, 1.82) is 0 Å². The van der Waals surface area contributed by atoms with Gasteiger partial charge in [0.05, 0.1) is 7.11 Å². The van der Waals surface area contributed by atoms with E-state index in [4.69, 9.17) is 16.3 Å². The third-order valence-corrected chi connectivity index (χ3v) is 3.52. The Kier molecular flexibility index (Phi) is 6.31. The van der Waals surface area contributed by atoms with Crippen molar-refractivity contribution in [1.82, 2.24) is 5.32 Å². The maximum atomic E-state index is 5.96. The molecule has 1 rings (SSSR count). The lowest BCUT2D eigenvalue weighted by atomic mass is 10.1. The van der Waals surface area contributed by atoms with Crippen molar-refractivity contribution in [3.63, 3.8) is 0 Å². The van der Waals surface area contributed by atoms with Gasteiger partial charge in [-0.3, -0.25) is 0 Å². The van der Waals surface area contributed by atoms with Gasteiger partial charge in [-0.15, -0.1) is 11.6 Å². The summed E-state index contributed by atoms with van der Waals surface area (Å²) < 4.78 is 6.31. The van der Waals surface area contributed by atoms with E-state index >= 15 is 0 Å². The molecule has 1 N–H and O–H groups in total. The highest BCUT2D eigenvalue weighted by Gasteiger charge is 2.07. The molecule has 96 valence electrons. The van der Waals surface area contributed by atoms with E-state index in [0.29, 0.717) is 6.04 Å². The zero-order valence-electron chi connectivity index (χ0n) is 10.5. The lowest BCUT2D eigenvalue weighted by Crippen LogP contribution is -2.27. The average Bonchev–Trinajstić information content (AvgIpc) is 2.27. The second-order valence-electron chi connectivity index (χ2n) is 4.26. The second kappa shape index (κ2) is 7.24. The minimum atomic E-state index is 0.200. The van der Waals surface area contributed by atoms with Gasteiger partial charge in [0, 0.05) is 22.4 Å². The predicted molar refractivity (Wildman–Crippen MR) is 76.9 cm³/mol. The van der Waals surface area contributed by atoms with Crippen molar-refractivity contribution in [2.75, 3.05) is 7.11 Å². The molecule has 0 aliphatic carbocycles. The molecule has 0 amide bonds. The summed E-state index contributed by atoms with van der Waals surface area (Å²) in [6.07, 6.45) is 0.961. The van der Waals surface area contributed by atoms with E-state index < -0.39 is 0 Å². The molecule has 0 radical (unpaired) electrons. The molecule has 0 heterocycles. The topological polar surface area (TPSA) is 21.3 Å². The Balaban J connectivity index is 2.56. The van der Waals surface area contributed by atoms with Crippen molar-refractivity contribution >= 4 is 27.5 Å². The Morgan fingerprint density at radius 2 is 2.12 bits per heavy atom. The van der Waals surface area contributed by atoms with E-state index in [1.807, 2.05) is 25.1 Å². The quantitative estimate of drug-likeness (QED) is 0.801. The maximum absolute atomic E-state index is 5.96. The van der Waals surface area contributed by atoms with Gasteiger partial charge in [0.15, 0.2) is 0 Å². The highest BCUT2D eigenvalue weighted by molar-refractivity contribution is 9.10. The molecule has 0 aromatic heterocycles. The molecule has 0 fully saturated rings. The van der Waals surface area contributed by atoms with Gasteiger partial charge in [-0.25, -0.2) is 0 Å². The minimum Gasteiger partial charge on any atom is -0.497 e. The van der Waals surface area contributed by atoms with Crippen LogP contribution in [0.25, 0.3) is 0 Å². The monoisotopic (exact) mass is 319 g/mol. The number of rotatable bonds is 6. The lowest BCUT2D eigenvalue weighted by molar-refractivity contribution is 0.413. The third kappa shape index (κ3) is 5.28. The summed E-state index contributed by atoms with van der Waals surface area (Å²) in [5.41, 5.74) is 1.19. The predicted octanol–water partition coefficient (Wildman–Crippen LogP) is 3.95. The molecular formula is C13H19BrClNO. The van der Waals surface area contributed by atoms with Crippen LogP contribution in [0.2, 0.25) is 0 Å². The number of ether oxygens (including phenoxy) is 1. The van der Waals surface area contributed by atoms with Crippen LogP contribution in [0, 0.1) is 0 Å². The number of hydrogen-bond donors (Lipinski definition) is 1. The minimum absolute atomic E-state index is 0.200. The summed E-state index contributed by atoms with van der Waals surface area (Å²) in [7, 11) is 1.68. The number of nitrogens with one attached hydrogen (secondary N) is 1. The second-order valence-corrected chi connectivity index (χ2v) is 5.86. The molecule has 0 saturated carbocycles. The first kappa shape index (κ1) is 14.8. The fraction of sp³-hybridized carbons (Fsp3) is 0.538. The largest absolute Gasteiger partial charge is 0.497 e. The zero-order valence-corrected chi connectivity index (χ0v) is 12.8. The van der Waals surface area contributed by atoms with Gasteiger partial charge in [-0.2, -0.15) is 0 Å². The van der Waals surface area contributed by atoms with Crippen molar-refractivity contribution in [3.8, 4) is 5.75 Å². The number of benzene rings is 1. The van der Waals surface area contributed by atoms with Crippen molar-refractivity contribution < 1.29 is 4.74 Å². The Morgan fingerprint density at radius 1 is 1.41 bits per heavy atom. The van der Waals surface area contributed by atoms with Gasteiger partial charge in [-0.05, 0) is 44.0 Å². The van der Waals surface area contributed by atoms with E-state index in [-0.39, 0.29) is 5.38 Å². The van der Waals surface area contributed by atoms with E-state index in [1.165, 1.54) is 5.56 Å². The summed E-state index contributed by atoms with van der Waals surface area (Å²) in [6, 6.07) is 6.39. The van der Waals surface area contributed by atoms with E-state index in [0.717, 1.165) is 23.2 Å². The SMILES string of the molecule is COc1ccc(Br)c(CNC(C)CC(C)Cl)c1. The van der Waals surface area contributed by atoms with Gasteiger partial charge < -0.3 is 10.1 Å². The number of hydrogen-bond acceptors (Lipinski definition) is 2. The molecule has 1 aromatic rings. The summed E-state index contributed by atoms with van der Waals surface area (Å²) in [5, 5.41) is 3.65. The highest BCUT2D eigenvalue weighted by Crippen LogP contribution is 2.22. The molecule has 2 unspecified atom stereocenters. The molecule has 2 atom stereocenters. The van der Waals surface area contributed by atoms with Crippen LogP contribution in [0.5, 0.6) is 5.75 Å². The van der Waals surface area contributed by atoms with E-state index in [9.17, 15) is 0 Å². The highest BCUT2D eigenvalue weighted by atomic mass is 79.9. The molecule has 0 aliphatic rings.